The first-order valence-electron chi connectivity index (χ1n) is 6.05. The molecule has 5 nitrogen and oxygen atoms in total. The molecule has 0 aromatic carbocycles. The predicted molar refractivity (Wildman–Crippen MR) is 66.4 cm³/mol. The third-order valence-electron chi connectivity index (χ3n) is 3.22. The molecule has 1 aliphatic heterocycles. The number of nitrogens with zero attached hydrogens (tertiary/aromatic N) is 2. The summed E-state index contributed by atoms with van der Waals surface area (Å²) in [6, 6.07) is 0. The van der Waals surface area contributed by atoms with Crippen molar-refractivity contribution in [2.75, 3.05) is 12.3 Å². The second-order valence-electron chi connectivity index (χ2n) is 4.45. The fourth-order valence-electron chi connectivity index (χ4n) is 2.20. The normalized spacial score (nSPS) is 23.0. The minimum absolute atomic E-state index is 0.225. The van der Waals surface area contributed by atoms with E-state index in [1.165, 1.54) is 0 Å². The smallest absolute Gasteiger partial charge is 0.154 e. The molecule has 1 fully saturated rings. The topological polar surface area (TPSA) is 64.0 Å². The minimum Gasteiger partial charge on any atom is -0.332 e. The lowest BCUT2D eigenvalue weighted by atomic mass is 10.2. The monoisotopic (exact) mass is 257 g/mol. The van der Waals surface area contributed by atoms with Crippen LogP contribution in [0, 0.1) is 0 Å². The molecule has 1 N–H and O–H groups in total. The van der Waals surface area contributed by atoms with Crippen LogP contribution in [0.2, 0.25) is 0 Å². The second kappa shape index (κ2) is 5.18. The highest BCUT2D eigenvalue weighted by molar-refractivity contribution is 7.92. The Morgan fingerprint density at radius 3 is 3.06 bits per heavy atom. The molecule has 0 aliphatic carbocycles. The van der Waals surface area contributed by atoms with Gasteiger partial charge in [-0.3, -0.25) is 0 Å². The number of rotatable bonds is 5. The average Bonchev–Trinajstić information content (AvgIpc) is 2.84. The van der Waals surface area contributed by atoms with Gasteiger partial charge in [0.15, 0.2) is 9.84 Å². The van der Waals surface area contributed by atoms with Crippen LogP contribution in [0.4, 0.5) is 0 Å². The molecule has 1 aromatic heterocycles. The standard InChI is InChI=1S/C11H19N3O2S/c1-2-12-6-10-7-13-9-14(10)8-11-4-3-5-17(11,15)16/h7,9,11-12H,2-6,8H2,1H3. The first-order chi connectivity index (χ1) is 8.13. The Kier molecular flexibility index (Phi) is 3.83. The lowest BCUT2D eigenvalue weighted by molar-refractivity contribution is 0.552. The molecule has 1 aromatic rings. The zero-order valence-corrected chi connectivity index (χ0v) is 10.9. The van der Waals surface area contributed by atoms with Crippen LogP contribution >= 0.6 is 0 Å². The summed E-state index contributed by atoms with van der Waals surface area (Å²) in [6.45, 7) is 4.22. The van der Waals surface area contributed by atoms with Crippen molar-refractivity contribution >= 4 is 9.84 Å². The van der Waals surface area contributed by atoms with Crippen molar-refractivity contribution in [3.63, 3.8) is 0 Å². The van der Waals surface area contributed by atoms with Crippen LogP contribution in [0.15, 0.2) is 12.5 Å². The molecule has 1 atom stereocenters. The third-order valence-corrected chi connectivity index (χ3v) is 5.48. The van der Waals surface area contributed by atoms with Gasteiger partial charge in [0.2, 0.25) is 0 Å². The maximum Gasteiger partial charge on any atom is 0.154 e. The Morgan fingerprint density at radius 1 is 1.59 bits per heavy atom. The number of hydrogen-bond acceptors (Lipinski definition) is 4. The summed E-state index contributed by atoms with van der Waals surface area (Å²) in [6.07, 6.45) is 5.09. The Bertz CT molecular complexity index is 467. The number of sulfone groups is 1. The van der Waals surface area contributed by atoms with E-state index in [9.17, 15) is 8.42 Å². The van der Waals surface area contributed by atoms with Crippen LogP contribution in [-0.2, 0) is 22.9 Å². The van der Waals surface area contributed by atoms with Gasteiger partial charge in [0.1, 0.15) is 0 Å². The van der Waals surface area contributed by atoms with E-state index in [1.54, 1.807) is 12.5 Å². The summed E-state index contributed by atoms with van der Waals surface area (Å²) in [5, 5.41) is 3.00. The van der Waals surface area contributed by atoms with Gasteiger partial charge in [-0.15, -0.1) is 0 Å². The molecule has 0 saturated carbocycles. The van der Waals surface area contributed by atoms with Gasteiger partial charge in [-0.2, -0.15) is 0 Å². The molecule has 96 valence electrons. The zero-order valence-electron chi connectivity index (χ0n) is 10.1. The van der Waals surface area contributed by atoms with Crippen molar-refractivity contribution in [3.8, 4) is 0 Å². The molecule has 1 saturated heterocycles. The van der Waals surface area contributed by atoms with Gasteiger partial charge in [0, 0.05) is 19.3 Å². The first kappa shape index (κ1) is 12.6. The van der Waals surface area contributed by atoms with E-state index < -0.39 is 9.84 Å². The van der Waals surface area contributed by atoms with Crippen LogP contribution in [-0.4, -0.2) is 35.5 Å². The number of hydrogen-bond donors (Lipinski definition) is 1. The molecule has 17 heavy (non-hydrogen) atoms. The summed E-state index contributed by atoms with van der Waals surface area (Å²) in [5.74, 6) is 0.342. The second-order valence-corrected chi connectivity index (χ2v) is 6.85. The highest BCUT2D eigenvalue weighted by Gasteiger charge is 2.31. The molecule has 1 aliphatic rings. The zero-order chi connectivity index (χ0) is 12.3. The van der Waals surface area contributed by atoms with E-state index in [1.807, 2.05) is 11.5 Å². The van der Waals surface area contributed by atoms with Crippen molar-refractivity contribution in [3.05, 3.63) is 18.2 Å². The summed E-state index contributed by atoms with van der Waals surface area (Å²) < 4.78 is 25.5. The lowest BCUT2D eigenvalue weighted by Crippen LogP contribution is -2.24. The minimum atomic E-state index is -2.87. The number of imidazole rings is 1. The lowest BCUT2D eigenvalue weighted by Gasteiger charge is -2.13. The van der Waals surface area contributed by atoms with Gasteiger partial charge in [-0.1, -0.05) is 6.92 Å². The molecule has 1 unspecified atom stereocenters. The fourth-order valence-corrected chi connectivity index (χ4v) is 4.01. The van der Waals surface area contributed by atoms with Crippen LogP contribution in [0.1, 0.15) is 25.5 Å². The summed E-state index contributed by atoms with van der Waals surface area (Å²) in [4.78, 5) is 4.09. The predicted octanol–water partition coefficient (Wildman–Crippen LogP) is 0.570. The van der Waals surface area contributed by atoms with E-state index in [0.717, 1.165) is 31.6 Å². The molecule has 2 rings (SSSR count). The van der Waals surface area contributed by atoms with E-state index in [0.29, 0.717) is 12.3 Å². The molecular formula is C11H19N3O2S. The van der Waals surface area contributed by atoms with Crippen LogP contribution in [0.25, 0.3) is 0 Å². The van der Waals surface area contributed by atoms with Gasteiger partial charge in [0.25, 0.3) is 0 Å². The third kappa shape index (κ3) is 2.87. The maximum absolute atomic E-state index is 11.8. The van der Waals surface area contributed by atoms with Crippen LogP contribution in [0.5, 0.6) is 0 Å². The van der Waals surface area contributed by atoms with Gasteiger partial charge in [0.05, 0.1) is 23.0 Å². The van der Waals surface area contributed by atoms with E-state index >= 15 is 0 Å². The maximum atomic E-state index is 11.8. The first-order valence-corrected chi connectivity index (χ1v) is 7.76. The van der Waals surface area contributed by atoms with Crippen molar-refractivity contribution in [2.24, 2.45) is 0 Å². The molecule has 0 bridgehead atoms. The Balaban J connectivity index is 2.06. The summed E-state index contributed by atoms with van der Waals surface area (Å²) in [7, 11) is -2.87. The van der Waals surface area contributed by atoms with E-state index in [4.69, 9.17) is 0 Å². The summed E-state index contributed by atoms with van der Waals surface area (Å²) >= 11 is 0. The quantitative estimate of drug-likeness (QED) is 0.837. The summed E-state index contributed by atoms with van der Waals surface area (Å²) in [5.41, 5.74) is 1.05. The number of nitrogens with one attached hydrogen (secondary N) is 1. The van der Waals surface area contributed by atoms with Crippen molar-refractivity contribution in [2.45, 2.75) is 38.1 Å². The van der Waals surface area contributed by atoms with E-state index in [-0.39, 0.29) is 5.25 Å². The fraction of sp³-hybridized carbons (Fsp3) is 0.727. The Morgan fingerprint density at radius 2 is 2.41 bits per heavy atom. The van der Waals surface area contributed by atoms with Gasteiger partial charge in [-0.25, -0.2) is 13.4 Å². The average molecular weight is 257 g/mol. The Hall–Kier alpha value is -0.880. The van der Waals surface area contributed by atoms with Crippen LogP contribution < -0.4 is 5.32 Å². The Labute approximate surface area is 102 Å². The van der Waals surface area contributed by atoms with Gasteiger partial charge < -0.3 is 9.88 Å². The van der Waals surface area contributed by atoms with Gasteiger partial charge >= 0.3 is 0 Å². The SMILES string of the molecule is CCNCc1cncn1CC1CCCS1(=O)=O. The van der Waals surface area contributed by atoms with Crippen molar-refractivity contribution in [1.82, 2.24) is 14.9 Å². The highest BCUT2D eigenvalue weighted by atomic mass is 32.2. The molecule has 6 heteroatoms. The molecule has 0 spiro atoms. The van der Waals surface area contributed by atoms with Crippen molar-refractivity contribution in [1.29, 1.82) is 0 Å². The molecule has 0 radical (unpaired) electrons. The van der Waals surface area contributed by atoms with Crippen LogP contribution in [0.3, 0.4) is 0 Å². The van der Waals surface area contributed by atoms with Gasteiger partial charge in [-0.05, 0) is 19.4 Å². The van der Waals surface area contributed by atoms with Crippen molar-refractivity contribution < 1.29 is 8.42 Å². The highest BCUT2D eigenvalue weighted by Crippen LogP contribution is 2.22. The molecular weight excluding hydrogens is 238 g/mol. The molecule has 2 heterocycles. The molecule has 0 amide bonds. The largest absolute Gasteiger partial charge is 0.332 e. The van der Waals surface area contributed by atoms with E-state index in [2.05, 4.69) is 10.3 Å². The number of aromatic nitrogens is 2.